The summed E-state index contributed by atoms with van der Waals surface area (Å²) in [7, 11) is 1.54. The number of anilines is 1. The van der Waals surface area contributed by atoms with Gasteiger partial charge in [-0.25, -0.2) is 4.99 Å². The summed E-state index contributed by atoms with van der Waals surface area (Å²) in [5.41, 5.74) is 6.63. The third kappa shape index (κ3) is 5.43. The topological polar surface area (TPSA) is 135 Å². The molecule has 0 aromatic heterocycles. The molecule has 1 heterocycles. The lowest BCUT2D eigenvalue weighted by atomic mass is 10.2. The fourth-order valence-electron chi connectivity index (χ4n) is 2.67. The Kier molecular flexibility index (Phi) is 7.15. The number of aliphatic hydroxyl groups excluding tert-OH is 1. The third-order valence-corrected chi connectivity index (χ3v) is 5.22. The lowest BCUT2D eigenvalue weighted by molar-refractivity contribution is -0.119. The molecule has 2 unspecified atom stereocenters. The van der Waals surface area contributed by atoms with Crippen molar-refractivity contribution in [3.8, 4) is 11.5 Å². The van der Waals surface area contributed by atoms with Crippen molar-refractivity contribution in [3.63, 3.8) is 0 Å². The molecule has 1 aliphatic heterocycles. The Morgan fingerprint density at radius 2 is 1.80 bits per heavy atom. The van der Waals surface area contributed by atoms with Crippen molar-refractivity contribution in [3.05, 3.63) is 54.1 Å². The van der Waals surface area contributed by atoms with Gasteiger partial charge in [0, 0.05) is 11.3 Å². The van der Waals surface area contributed by atoms with Crippen LogP contribution in [-0.2, 0) is 4.79 Å². The summed E-state index contributed by atoms with van der Waals surface area (Å²) in [6.45, 7) is 0.150. The van der Waals surface area contributed by atoms with Gasteiger partial charge in [0.15, 0.2) is 11.2 Å². The van der Waals surface area contributed by atoms with Crippen molar-refractivity contribution >= 4 is 34.4 Å². The molecule has 0 spiro atoms. The Bertz CT molecular complexity index is 918. The Balaban J connectivity index is 1.63. The Hall–Kier alpha value is -3.24. The van der Waals surface area contributed by atoms with Crippen molar-refractivity contribution < 1.29 is 24.2 Å². The molecule has 2 atom stereocenters. The van der Waals surface area contributed by atoms with E-state index >= 15 is 0 Å². The number of nitrogens with two attached hydrogens (primary N) is 1. The van der Waals surface area contributed by atoms with Crippen LogP contribution in [0.2, 0.25) is 0 Å². The number of hydrogen-bond acceptors (Lipinski definition) is 8. The Morgan fingerprint density at radius 1 is 1.13 bits per heavy atom. The number of methoxy groups -OCH3 is 1. The normalized spacial score (nSPS) is 17.7. The van der Waals surface area contributed by atoms with E-state index in [-0.39, 0.29) is 19.1 Å². The predicted molar refractivity (Wildman–Crippen MR) is 115 cm³/mol. The number of amidine groups is 1. The van der Waals surface area contributed by atoms with Gasteiger partial charge < -0.3 is 30.9 Å². The number of amides is 2. The predicted octanol–water partition coefficient (Wildman–Crippen LogP) is 1.19. The second-order valence-electron chi connectivity index (χ2n) is 6.24. The third-order valence-electron chi connectivity index (χ3n) is 4.16. The number of primary amides is 1. The number of rotatable bonds is 8. The van der Waals surface area contributed by atoms with E-state index in [0.29, 0.717) is 22.2 Å². The first-order chi connectivity index (χ1) is 14.5. The molecule has 0 aliphatic carbocycles. The number of nitrogens with one attached hydrogen (secondary N) is 2. The maximum Gasteiger partial charge on any atom is 0.252 e. The molecule has 10 heteroatoms. The van der Waals surface area contributed by atoms with Gasteiger partial charge in [0.2, 0.25) is 5.91 Å². The van der Waals surface area contributed by atoms with Crippen molar-refractivity contribution in [2.75, 3.05) is 25.6 Å². The van der Waals surface area contributed by atoms with Crippen LogP contribution in [0.4, 0.5) is 5.69 Å². The number of aliphatic imine (C=N–C) groups is 1. The number of thioether (sulfide) groups is 1. The molecule has 0 radical (unpaired) electrons. The number of carbonyl (C=O) groups is 2. The van der Waals surface area contributed by atoms with Crippen molar-refractivity contribution in [2.24, 2.45) is 10.7 Å². The van der Waals surface area contributed by atoms with Gasteiger partial charge in [0.1, 0.15) is 23.5 Å². The molecule has 0 saturated heterocycles. The van der Waals surface area contributed by atoms with Gasteiger partial charge >= 0.3 is 0 Å². The molecule has 0 saturated carbocycles. The molecule has 30 heavy (non-hydrogen) atoms. The number of benzene rings is 2. The molecule has 2 amide bonds. The number of nitrogens with zero attached hydrogens (tertiary/aromatic N) is 1. The van der Waals surface area contributed by atoms with Crippen molar-refractivity contribution in [1.29, 1.82) is 0 Å². The number of ether oxygens (including phenoxy) is 2. The minimum absolute atomic E-state index is 0.0639. The van der Waals surface area contributed by atoms with Gasteiger partial charge in [-0.2, -0.15) is 0 Å². The van der Waals surface area contributed by atoms with Crippen LogP contribution < -0.4 is 25.8 Å². The van der Waals surface area contributed by atoms with E-state index in [1.807, 2.05) is 0 Å². The van der Waals surface area contributed by atoms with Gasteiger partial charge in [0.05, 0.1) is 13.7 Å². The zero-order valence-electron chi connectivity index (χ0n) is 16.2. The SMILES string of the molecule is COc1ccc(C(=O)NC2SC(Nc3ccc(OCCO)cc3)=NC2C(N)=O)cc1. The fourth-order valence-corrected chi connectivity index (χ4v) is 3.75. The number of carbonyl (C=O) groups excluding carboxylic acids is 2. The van der Waals surface area contributed by atoms with E-state index in [1.54, 1.807) is 55.6 Å². The van der Waals surface area contributed by atoms with E-state index in [2.05, 4.69) is 15.6 Å². The minimum Gasteiger partial charge on any atom is -0.497 e. The summed E-state index contributed by atoms with van der Waals surface area (Å²) in [6.07, 6.45) is 0. The minimum atomic E-state index is -0.896. The summed E-state index contributed by atoms with van der Waals surface area (Å²) >= 11 is 1.21. The highest BCUT2D eigenvalue weighted by molar-refractivity contribution is 8.15. The lowest BCUT2D eigenvalue weighted by Crippen LogP contribution is -2.44. The van der Waals surface area contributed by atoms with Gasteiger partial charge in [-0.1, -0.05) is 11.8 Å². The van der Waals surface area contributed by atoms with Gasteiger partial charge in [-0.05, 0) is 48.5 Å². The summed E-state index contributed by atoms with van der Waals surface area (Å²) in [4.78, 5) is 28.7. The first kappa shape index (κ1) is 21.5. The van der Waals surface area contributed by atoms with Gasteiger partial charge in [-0.3, -0.25) is 9.59 Å². The molecule has 9 nitrogen and oxygen atoms in total. The molecule has 158 valence electrons. The maximum atomic E-state index is 12.5. The molecule has 3 rings (SSSR count). The maximum absolute atomic E-state index is 12.5. The van der Waals surface area contributed by atoms with E-state index in [0.717, 1.165) is 5.69 Å². The monoisotopic (exact) mass is 430 g/mol. The molecular weight excluding hydrogens is 408 g/mol. The van der Waals surface area contributed by atoms with Crippen LogP contribution in [0.5, 0.6) is 11.5 Å². The van der Waals surface area contributed by atoms with Crippen LogP contribution in [0.3, 0.4) is 0 Å². The molecule has 0 bridgehead atoms. The Labute approximate surface area is 177 Å². The second kappa shape index (κ2) is 9.99. The van der Waals surface area contributed by atoms with Gasteiger partial charge in [0.25, 0.3) is 5.91 Å². The van der Waals surface area contributed by atoms with E-state index in [1.165, 1.54) is 11.8 Å². The zero-order chi connectivity index (χ0) is 21.5. The first-order valence-corrected chi connectivity index (χ1v) is 9.97. The van der Waals surface area contributed by atoms with E-state index < -0.39 is 17.3 Å². The van der Waals surface area contributed by atoms with Crippen LogP contribution in [-0.4, -0.2) is 53.8 Å². The van der Waals surface area contributed by atoms with Crippen LogP contribution in [0.1, 0.15) is 10.4 Å². The Morgan fingerprint density at radius 3 is 2.40 bits per heavy atom. The fraction of sp³-hybridized carbons (Fsp3) is 0.250. The molecule has 0 fully saturated rings. The van der Waals surface area contributed by atoms with Gasteiger partial charge in [-0.15, -0.1) is 0 Å². The standard InChI is InChI=1S/C20H22N4O5S/c1-28-14-6-2-12(3-7-14)18(27)24-19-16(17(21)26)23-20(30-19)22-13-4-8-15(9-5-13)29-11-10-25/h2-9,16,19,25H,10-11H2,1H3,(H2,21,26)(H,22,23)(H,24,27). The molecular formula is C20H22N4O5S. The number of aliphatic hydroxyl groups is 1. The van der Waals surface area contributed by atoms with Crippen LogP contribution >= 0.6 is 11.8 Å². The lowest BCUT2D eigenvalue weighted by Gasteiger charge is -2.16. The quantitative estimate of drug-likeness (QED) is 0.494. The largest absolute Gasteiger partial charge is 0.497 e. The zero-order valence-corrected chi connectivity index (χ0v) is 17.0. The average molecular weight is 430 g/mol. The van der Waals surface area contributed by atoms with Crippen molar-refractivity contribution in [1.82, 2.24) is 5.32 Å². The molecule has 5 N–H and O–H groups in total. The summed E-state index contributed by atoms with van der Waals surface area (Å²) < 4.78 is 10.4. The van der Waals surface area contributed by atoms with Crippen molar-refractivity contribution in [2.45, 2.75) is 11.4 Å². The highest BCUT2D eigenvalue weighted by Crippen LogP contribution is 2.27. The average Bonchev–Trinajstić information content (AvgIpc) is 3.15. The van der Waals surface area contributed by atoms with Crippen LogP contribution in [0.15, 0.2) is 53.5 Å². The molecule has 2 aromatic carbocycles. The number of hydrogen-bond donors (Lipinski definition) is 4. The summed E-state index contributed by atoms with van der Waals surface area (Å²) in [6, 6.07) is 12.8. The summed E-state index contributed by atoms with van der Waals surface area (Å²) in [5, 5.41) is 14.5. The molecule has 2 aromatic rings. The summed E-state index contributed by atoms with van der Waals surface area (Å²) in [5.74, 6) is 0.282. The molecule has 1 aliphatic rings. The second-order valence-corrected chi connectivity index (χ2v) is 7.37. The smallest absolute Gasteiger partial charge is 0.252 e. The van der Waals surface area contributed by atoms with E-state index in [4.69, 9.17) is 20.3 Å². The highest BCUT2D eigenvalue weighted by atomic mass is 32.2. The highest BCUT2D eigenvalue weighted by Gasteiger charge is 2.35. The van der Waals surface area contributed by atoms with Crippen LogP contribution in [0, 0.1) is 0 Å². The van der Waals surface area contributed by atoms with E-state index in [9.17, 15) is 9.59 Å². The van der Waals surface area contributed by atoms with Crippen LogP contribution in [0.25, 0.3) is 0 Å². The first-order valence-electron chi connectivity index (χ1n) is 9.09.